The SMILES string of the molecule is COc1ccc(SCc2cc(CN)ccc2F)cc1. The van der Waals surface area contributed by atoms with Crippen LogP contribution in [0.4, 0.5) is 4.39 Å². The molecule has 19 heavy (non-hydrogen) atoms. The van der Waals surface area contributed by atoms with E-state index in [2.05, 4.69) is 0 Å². The van der Waals surface area contributed by atoms with Crippen molar-refractivity contribution in [1.29, 1.82) is 0 Å². The molecular weight excluding hydrogens is 261 g/mol. The standard InChI is InChI=1S/C15H16FNOS/c1-18-13-3-5-14(6-4-13)19-10-12-8-11(9-17)2-7-15(12)16/h2-8H,9-10,17H2,1H3. The Morgan fingerprint density at radius 2 is 1.89 bits per heavy atom. The quantitative estimate of drug-likeness (QED) is 0.848. The fourth-order valence-corrected chi connectivity index (χ4v) is 2.57. The maximum Gasteiger partial charge on any atom is 0.127 e. The van der Waals surface area contributed by atoms with Crippen molar-refractivity contribution in [3.63, 3.8) is 0 Å². The topological polar surface area (TPSA) is 35.2 Å². The van der Waals surface area contributed by atoms with Crippen LogP contribution in [0.1, 0.15) is 11.1 Å². The van der Waals surface area contributed by atoms with Crippen LogP contribution >= 0.6 is 11.8 Å². The summed E-state index contributed by atoms with van der Waals surface area (Å²) in [5.41, 5.74) is 7.20. The Morgan fingerprint density at radius 3 is 2.53 bits per heavy atom. The van der Waals surface area contributed by atoms with Gasteiger partial charge in [0.05, 0.1) is 7.11 Å². The van der Waals surface area contributed by atoms with Gasteiger partial charge in [-0.1, -0.05) is 12.1 Å². The summed E-state index contributed by atoms with van der Waals surface area (Å²) in [6, 6.07) is 12.8. The van der Waals surface area contributed by atoms with E-state index in [1.54, 1.807) is 24.9 Å². The van der Waals surface area contributed by atoms with Crippen LogP contribution in [0.3, 0.4) is 0 Å². The molecule has 0 radical (unpaired) electrons. The van der Waals surface area contributed by atoms with Gasteiger partial charge in [0.25, 0.3) is 0 Å². The molecule has 2 aromatic rings. The van der Waals surface area contributed by atoms with Gasteiger partial charge in [-0.3, -0.25) is 0 Å². The molecule has 0 amide bonds. The van der Waals surface area contributed by atoms with Crippen LogP contribution in [-0.4, -0.2) is 7.11 Å². The molecule has 0 aliphatic rings. The van der Waals surface area contributed by atoms with Crippen molar-refractivity contribution in [2.75, 3.05) is 7.11 Å². The van der Waals surface area contributed by atoms with E-state index in [0.717, 1.165) is 16.2 Å². The monoisotopic (exact) mass is 277 g/mol. The number of halogens is 1. The number of benzene rings is 2. The first-order valence-corrected chi connectivity index (χ1v) is 6.95. The van der Waals surface area contributed by atoms with Crippen LogP contribution in [0.25, 0.3) is 0 Å². The third-order valence-electron chi connectivity index (χ3n) is 2.80. The highest BCUT2D eigenvalue weighted by molar-refractivity contribution is 7.98. The second-order valence-electron chi connectivity index (χ2n) is 4.09. The van der Waals surface area contributed by atoms with Crippen LogP contribution in [0.15, 0.2) is 47.4 Å². The van der Waals surface area contributed by atoms with Crippen molar-refractivity contribution in [2.24, 2.45) is 5.73 Å². The molecule has 0 aromatic heterocycles. The number of methoxy groups -OCH3 is 1. The summed E-state index contributed by atoms with van der Waals surface area (Å²) in [4.78, 5) is 1.08. The maximum atomic E-state index is 13.7. The summed E-state index contributed by atoms with van der Waals surface area (Å²) in [5.74, 6) is 1.23. The van der Waals surface area contributed by atoms with E-state index in [1.807, 2.05) is 30.3 Å². The van der Waals surface area contributed by atoms with Gasteiger partial charge < -0.3 is 10.5 Å². The predicted molar refractivity (Wildman–Crippen MR) is 76.8 cm³/mol. The molecule has 2 rings (SSSR count). The van der Waals surface area contributed by atoms with Crippen LogP contribution in [0, 0.1) is 5.82 Å². The Kier molecular flexibility index (Phi) is 4.82. The largest absolute Gasteiger partial charge is 0.497 e. The minimum absolute atomic E-state index is 0.182. The number of ether oxygens (including phenoxy) is 1. The van der Waals surface area contributed by atoms with Gasteiger partial charge in [-0.25, -0.2) is 4.39 Å². The Labute approximate surface area is 116 Å². The van der Waals surface area contributed by atoms with Crippen molar-refractivity contribution < 1.29 is 9.13 Å². The summed E-state index contributed by atoms with van der Waals surface area (Å²) >= 11 is 1.59. The Hall–Kier alpha value is -1.52. The van der Waals surface area contributed by atoms with E-state index < -0.39 is 0 Å². The lowest BCUT2D eigenvalue weighted by atomic mass is 10.1. The van der Waals surface area contributed by atoms with E-state index in [-0.39, 0.29) is 5.82 Å². The number of hydrogen-bond donors (Lipinski definition) is 1. The lowest BCUT2D eigenvalue weighted by Gasteiger charge is -2.06. The summed E-state index contributed by atoms with van der Waals surface area (Å²) in [6.07, 6.45) is 0. The first kappa shape index (κ1) is 13.9. The van der Waals surface area contributed by atoms with Crippen molar-refractivity contribution in [3.8, 4) is 5.75 Å². The molecule has 4 heteroatoms. The van der Waals surface area contributed by atoms with Gasteiger partial charge in [0.15, 0.2) is 0 Å². The molecule has 2 N–H and O–H groups in total. The molecule has 0 saturated heterocycles. The van der Waals surface area contributed by atoms with E-state index in [0.29, 0.717) is 17.9 Å². The molecule has 0 unspecified atom stereocenters. The van der Waals surface area contributed by atoms with Crippen molar-refractivity contribution in [3.05, 3.63) is 59.4 Å². The predicted octanol–water partition coefficient (Wildman–Crippen LogP) is 3.59. The van der Waals surface area contributed by atoms with Gasteiger partial charge in [-0.15, -0.1) is 11.8 Å². The Morgan fingerprint density at radius 1 is 1.16 bits per heavy atom. The highest BCUT2D eigenvalue weighted by atomic mass is 32.2. The lowest BCUT2D eigenvalue weighted by molar-refractivity contribution is 0.414. The number of hydrogen-bond acceptors (Lipinski definition) is 3. The number of rotatable bonds is 5. The normalized spacial score (nSPS) is 10.5. The van der Waals surface area contributed by atoms with Gasteiger partial charge in [0.1, 0.15) is 11.6 Å². The van der Waals surface area contributed by atoms with Gasteiger partial charge in [-0.05, 0) is 41.5 Å². The Bertz CT molecular complexity index is 542. The first-order chi connectivity index (χ1) is 9.22. The zero-order chi connectivity index (χ0) is 13.7. The van der Waals surface area contributed by atoms with Gasteiger partial charge in [0.2, 0.25) is 0 Å². The maximum absolute atomic E-state index is 13.7. The van der Waals surface area contributed by atoms with Crippen LogP contribution < -0.4 is 10.5 Å². The van der Waals surface area contributed by atoms with E-state index in [9.17, 15) is 4.39 Å². The molecule has 0 fully saturated rings. The van der Waals surface area contributed by atoms with Crippen LogP contribution in [0.5, 0.6) is 5.75 Å². The fraction of sp³-hybridized carbons (Fsp3) is 0.200. The minimum atomic E-state index is -0.182. The second kappa shape index (κ2) is 6.59. The van der Waals surface area contributed by atoms with Gasteiger partial charge >= 0.3 is 0 Å². The summed E-state index contributed by atoms with van der Waals surface area (Å²) in [6.45, 7) is 0.431. The molecule has 0 aliphatic heterocycles. The molecule has 0 spiro atoms. The average Bonchev–Trinajstić information content (AvgIpc) is 2.47. The summed E-state index contributed by atoms with van der Waals surface area (Å²) in [5, 5.41) is 0. The fourth-order valence-electron chi connectivity index (χ4n) is 1.70. The Balaban J connectivity index is 2.05. The third-order valence-corrected chi connectivity index (χ3v) is 3.86. The molecular formula is C15H16FNOS. The van der Waals surface area contributed by atoms with Crippen LogP contribution in [0.2, 0.25) is 0 Å². The first-order valence-electron chi connectivity index (χ1n) is 5.97. The molecule has 0 heterocycles. The third kappa shape index (κ3) is 3.72. The molecule has 0 bridgehead atoms. The molecule has 2 nitrogen and oxygen atoms in total. The molecule has 0 atom stereocenters. The van der Waals surface area contributed by atoms with Crippen LogP contribution in [-0.2, 0) is 12.3 Å². The van der Waals surface area contributed by atoms with Gasteiger partial charge in [0, 0.05) is 17.2 Å². The second-order valence-corrected chi connectivity index (χ2v) is 5.14. The summed E-state index contributed by atoms with van der Waals surface area (Å²) < 4.78 is 18.8. The average molecular weight is 277 g/mol. The van der Waals surface area contributed by atoms with E-state index >= 15 is 0 Å². The minimum Gasteiger partial charge on any atom is -0.497 e. The molecule has 0 saturated carbocycles. The summed E-state index contributed by atoms with van der Waals surface area (Å²) in [7, 11) is 1.63. The van der Waals surface area contributed by atoms with Crippen molar-refractivity contribution >= 4 is 11.8 Å². The lowest BCUT2D eigenvalue weighted by Crippen LogP contribution is -1.98. The van der Waals surface area contributed by atoms with E-state index in [4.69, 9.17) is 10.5 Å². The molecule has 2 aromatic carbocycles. The molecule has 100 valence electrons. The molecule has 0 aliphatic carbocycles. The van der Waals surface area contributed by atoms with Crippen molar-refractivity contribution in [2.45, 2.75) is 17.2 Å². The van der Waals surface area contributed by atoms with Crippen molar-refractivity contribution in [1.82, 2.24) is 0 Å². The zero-order valence-corrected chi connectivity index (χ0v) is 11.5. The highest BCUT2D eigenvalue weighted by Gasteiger charge is 2.04. The van der Waals surface area contributed by atoms with Gasteiger partial charge in [-0.2, -0.15) is 0 Å². The highest BCUT2D eigenvalue weighted by Crippen LogP contribution is 2.26. The number of thioether (sulfide) groups is 1. The van der Waals surface area contributed by atoms with E-state index in [1.165, 1.54) is 6.07 Å². The number of nitrogens with two attached hydrogens (primary N) is 1. The zero-order valence-electron chi connectivity index (χ0n) is 10.7. The smallest absolute Gasteiger partial charge is 0.127 e.